The molecule has 32 heavy (non-hydrogen) atoms. The Bertz CT molecular complexity index is 1290. The summed E-state index contributed by atoms with van der Waals surface area (Å²) >= 11 is 0. The predicted molar refractivity (Wildman–Crippen MR) is 125 cm³/mol. The molecule has 2 aliphatic heterocycles. The van der Waals surface area contributed by atoms with Gasteiger partial charge in [0.25, 0.3) is 5.91 Å². The zero-order chi connectivity index (χ0) is 21.5. The number of aromatic nitrogens is 3. The molecule has 0 saturated carbocycles. The summed E-state index contributed by atoms with van der Waals surface area (Å²) in [6.07, 6.45) is 1.64. The van der Waals surface area contributed by atoms with Gasteiger partial charge in [-0.2, -0.15) is 0 Å². The summed E-state index contributed by atoms with van der Waals surface area (Å²) in [5.41, 5.74) is 4.92. The van der Waals surface area contributed by atoms with Crippen molar-refractivity contribution < 1.29 is 9.53 Å². The molecule has 0 radical (unpaired) electrons. The summed E-state index contributed by atoms with van der Waals surface area (Å²) in [6, 6.07) is 16.5. The van der Waals surface area contributed by atoms with Crippen molar-refractivity contribution >= 4 is 39.0 Å². The third-order valence-corrected chi connectivity index (χ3v) is 6.79. The van der Waals surface area contributed by atoms with Gasteiger partial charge in [-0.15, -0.1) is 0 Å². The molecule has 0 N–H and O–H groups in total. The molecule has 4 aromatic rings. The summed E-state index contributed by atoms with van der Waals surface area (Å²) in [6.45, 7) is 5.81. The van der Waals surface area contributed by atoms with Gasteiger partial charge in [-0.05, 0) is 31.0 Å². The lowest BCUT2D eigenvalue weighted by Crippen LogP contribution is -2.51. The van der Waals surface area contributed by atoms with Crippen LogP contribution < -0.4 is 0 Å². The third-order valence-electron chi connectivity index (χ3n) is 6.79. The van der Waals surface area contributed by atoms with Gasteiger partial charge in [0.15, 0.2) is 5.65 Å². The van der Waals surface area contributed by atoms with Crippen LogP contribution >= 0.6 is 0 Å². The Hall–Kier alpha value is -3.03. The molecule has 164 valence electrons. The first-order valence-electron chi connectivity index (χ1n) is 11.5. The lowest BCUT2D eigenvalue weighted by molar-refractivity contribution is -0.142. The standard InChI is InChI=1S/C25H27N5O2/c31-25(22-10-5-17-32-22)29-14-11-28(12-15-29)13-16-30-21-9-4-1-6-18(21)23-24(30)27-20-8-3-2-7-19(20)26-23/h1-4,6-9,22H,5,10-17H2/t22-/m0/s1. The molecule has 0 unspecified atom stereocenters. The number of fused-ring (bicyclic) bond motifs is 4. The van der Waals surface area contributed by atoms with Crippen LogP contribution in [0.2, 0.25) is 0 Å². The molecule has 2 fully saturated rings. The number of carbonyl (C=O) groups excluding carboxylic acids is 1. The molecule has 2 aromatic carbocycles. The van der Waals surface area contributed by atoms with E-state index in [2.05, 4.69) is 33.7 Å². The maximum atomic E-state index is 12.6. The minimum Gasteiger partial charge on any atom is -0.368 e. The van der Waals surface area contributed by atoms with Gasteiger partial charge in [0, 0.05) is 51.3 Å². The summed E-state index contributed by atoms with van der Waals surface area (Å²) < 4.78 is 7.88. The average molecular weight is 430 g/mol. The van der Waals surface area contributed by atoms with E-state index in [1.807, 2.05) is 29.2 Å². The van der Waals surface area contributed by atoms with E-state index in [4.69, 9.17) is 14.7 Å². The lowest BCUT2D eigenvalue weighted by Gasteiger charge is -2.35. The molecule has 0 bridgehead atoms. The Labute approximate surface area is 186 Å². The molecular weight excluding hydrogens is 402 g/mol. The monoisotopic (exact) mass is 429 g/mol. The molecule has 2 aromatic heterocycles. The first-order chi connectivity index (χ1) is 15.8. The molecule has 1 atom stereocenters. The molecule has 2 saturated heterocycles. The van der Waals surface area contributed by atoms with Crippen molar-refractivity contribution in [2.24, 2.45) is 0 Å². The van der Waals surface area contributed by atoms with Crippen molar-refractivity contribution in [1.29, 1.82) is 0 Å². The fourth-order valence-corrected chi connectivity index (χ4v) is 5.02. The second-order valence-corrected chi connectivity index (χ2v) is 8.72. The Morgan fingerprint density at radius 3 is 2.47 bits per heavy atom. The van der Waals surface area contributed by atoms with E-state index in [9.17, 15) is 4.79 Å². The number of rotatable bonds is 4. The summed E-state index contributed by atoms with van der Waals surface area (Å²) in [4.78, 5) is 26.9. The SMILES string of the molecule is O=C([C@@H]1CCCO1)N1CCN(CCn2c3ccccc3c3nc4ccccc4nc32)CC1. The molecular formula is C25H27N5O2. The Morgan fingerprint density at radius 2 is 1.69 bits per heavy atom. The van der Waals surface area contributed by atoms with Gasteiger partial charge in [-0.3, -0.25) is 9.69 Å². The van der Waals surface area contributed by atoms with Crippen LogP contribution in [0.3, 0.4) is 0 Å². The van der Waals surface area contributed by atoms with E-state index < -0.39 is 0 Å². The van der Waals surface area contributed by atoms with Crippen molar-refractivity contribution in [1.82, 2.24) is 24.3 Å². The van der Waals surface area contributed by atoms with Crippen LogP contribution in [0, 0.1) is 0 Å². The highest BCUT2D eigenvalue weighted by molar-refractivity contribution is 6.06. The van der Waals surface area contributed by atoms with Gasteiger partial charge in [0.2, 0.25) is 0 Å². The van der Waals surface area contributed by atoms with Gasteiger partial charge in [-0.1, -0.05) is 30.3 Å². The van der Waals surface area contributed by atoms with Crippen LogP contribution in [-0.4, -0.2) is 75.7 Å². The molecule has 7 nitrogen and oxygen atoms in total. The zero-order valence-corrected chi connectivity index (χ0v) is 18.1. The highest BCUT2D eigenvalue weighted by atomic mass is 16.5. The molecule has 7 heteroatoms. The van der Waals surface area contributed by atoms with Crippen LogP contribution in [-0.2, 0) is 16.1 Å². The summed E-state index contributed by atoms with van der Waals surface area (Å²) in [5, 5.41) is 1.15. The third kappa shape index (κ3) is 3.42. The number of para-hydroxylation sites is 3. The topological polar surface area (TPSA) is 63.5 Å². The smallest absolute Gasteiger partial charge is 0.251 e. The quantitative estimate of drug-likeness (QED) is 0.499. The largest absolute Gasteiger partial charge is 0.368 e. The number of nitrogens with zero attached hydrogens (tertiary/aromatic N) is 5. The average Bonchev–Trinajstić information content (AvgIpc) is 3.48. The number of piperazine rings is 1. The van der Waals surface area contributed by atoms with E-state index in [-0.39, 0.29) is 12.0 Å². The van der Waals surface area contributed by atoms with Crippen LogP contribution in [0.25, 0.3) is 33.1 Å². The fourth-order valence-electron chi connectivity index (χ4n) is 5.02. The second-order valence-electron chi connectivity index (χ2n) is 8.72. The maximum Gasteiger partial charge on any atom is 0.251 e. The van der Waals surface area contributed by atoms with E-state index in [1.165, 1.54) is 5.52 Å². The van der Waals surface area contributed by atoms with Gasteiger partial charge < -0.3 is 14.2 Å². The minimum absolute atomic E-state index is 0.173. The fraction of sp³-hybridized carbons (Fsp3) is 0.400. The van der Waals surface area contributed by atoms with Crippen LogP contribution in [0.15, 0.2) is 48.5 Å². The maximum absolute atomic E-state index is 12.6. The summed E-state index contributed by atoms with van der Waals surface area (Å²) in [5.74, 6) is 0.173. The number of carbonyl (C=O) groups is 1. The van der Waals surface area contributed by atoms with Crippen LogP contribution in [0.1, 0.15) is 12.8 Å². The number of ether oxygens (including phenoxy) is 1. The van der Waals surface area contributed by atoms with Crippen LogP contribution in [0.4, 0.5) is 0 Å². The highest BCUT2D eigenvalue weighted by Gasteiger charge is 2.30. The second kappa shape index (κ2) is 8.15. The van der Waals surface area contributed by atoms with Gasteiger partial charge in [-0.25, -0.2) is 9.97 Å². The molecule has 1 amide bonds. The van der Waals surface area contributed by atoms with E-state index in [1.54, 1.807) is 0 Å². The minimum atomic E-state index is -0.215. The molecule has 4 heterocycles. The normalized spacial score (nSPS) is 20.0. The number of hydrogen-bond donors (Lipinski definition) is 0. The predicted octanol–water partition coefficient (Wildman–Crippen LogP) is 3.06. The Morgan fingerprint density at radius 1 is 0.938 bits per heavy atom. The molecule has 0 aliphatic carbocycles. The Balaban J connectivity index is 1.22. The summed E-state index contributed by atoms with van der Waals surface area (Å²) in [7, 11) is 0. The van der Waals surface area contributed by atoms with Gasteiger partial charge in [0.05, 0.1) is 16.6 Å². The van der Waals surface area contributed by atoms with E-state index in [0.29, 0.717) is 6.61 Å². The molecule has 6 rings (SSSR count). The molecule has 0 spiro atoms. The zero-order valence-electron chi connectivity index (χ0n) is 18.1. The highest BCUT2D eigenvalue weighted by Crippen LogP contribution is 2.28. The number of hydrogen-bond acceptors (Lipinski definition) is 5. The van der Waals surface area contributed by atoms with Crippen molar-refractivity contribution in [2.45, 2.75) is 25.5 Å². The number of amides is 1. The van der Waals surface area contributed by atoms with Crippen LogP contribution in [0.5, 0.6) is 0 Å². The molecule has 2 aliphatic rings. The van der Waals surface area contributed by atoms with Gasteiger partial charge in [0.1, 0.15) is 11.6 Å². The first kappa shape index (κ1) is 19.6. The van der Waals surface area contributed by atoms with E-state index >= 15 is 0 Å². The number of benzene rings is 2. The van der Waals surface area contributed by atoms with Crippen molar-refractivity contribution in [3.63, 3.8) is 0 Å². The first-order valence-corrected chi connectivity index (χ1v) is 11.5. The van der Waals surface area contributed by atoms with Gasteiger partial charge >= 0.3 is 0 Å². The Kier molecular flexibility index (Phi) is 5.00. The van der Waals surface area contributed by atoms with Crippen molar-refractivity contribution in [2.75, 3.05) is 39.3 Å². The van der Waals surface area contributed by atoms with E-state index in [0.717, 1.165) is 79.7 Å². The van der Waals surface area contributed by atoms with Crippen molar-refractivity contribution in [3.05, 3.63) is 48.5 Å². The van der Waals surface area contributed by atoms with Crippen molar-refractivity contribution in [3.8, 4) is 0 Å². The lowest BCUT2D eigenvalue weighted by atomic mass is 10.2.